The fraction of sp³-hybridized carbons (Fsp3) is 0.562. The predicted molar refractivity (Wildman–Crippen MR) is 81.2 cm³/mol. The van der Waals surface area contributed by atoms with E-state index in [0.717, 1.165) is 38.6 Å². The van der Waals surface area contributed by atoms with Gasteiger partial charge in [-0.3, -0.25) is 4.79 Å². The van der Waals surface area contributed by atoms with Crippen molar-refractivity contribution in [3.63, 3.8) is 0 Å². The van der Waals surface area contributed by atoms with Gasteiger partial charge in [-0.05, 0) is 37.3 Å². The number of rotatable bonds is 4. The smallest absolute Gasteiger partial charge is 0.306 e. The Hall–Kier alpha value is -1.00. The molecular formula is C16H21NO2S. The number of fused-ring (bicyclic) bond motifs is 1. The second kappa shape index (κ2) is 6.19. The molecule has 1 aromatic carbocycles. The highest BCUT2D eigenvalue weighted by Gasteiger charge is 2.28. The highest BCUT2D eigenvalue weighted by molar-refractivity contribution is 8.00. The van der Waals surface area contributed by atoms with Crippen molar-refractivity contribution in [3.05, 3.63) is 29.8 Å². The molecule has 2 N–H and O–H groups in total. The van der Waals surface area contributed by atoms with Crippen molar-refractivity contribution < 1.29 is 9.90 Å². The van der Waals surface area contributed by atoms with Crippen LogP contribution in [0.15, 0.2) is 29.2 Å². The number of carboxylic acid groups (broad SMARTS) is 1. The van der Waals surface area contributed by atoms with E-state index in [1.807, 2.05) is 11.8 Å². The Labute approximate surface area is 124 Å². The van der Waals surface area contributed by atoms with Crippen LogP contribution in [-0.2, 0) is 11.2 Å². The van der Waals surface area contributed by atoms with E-state index in [4.69, 9.17) is 5.11 Å². The molecule has 0 aromatic heterocycles. The zero-order valence-electron chi connectivity index (χ0n) is 11.5. The average molecular weight is 291 g/mol. The van der Waals surface area contributed by atoms with Gasteiger partial charge in [-0.25, -0.2) is 0 Å². The Morgan fingerprint density at radius 1 is 1.35 bits per heavy atom. The van der Waals surface area contributed by atoms with Gasteiger partial charge < -0.3 is 10.4 Å². The summed E-state index contributed by atoms with van der Waals surface area (Å²) in [7, 11) is 0. The minimum atomic E-state index is -0.626. The molecule has 108 valence electrons. The van der Waals surface area contributed by atoms with Crippen LogP contribution in [0.4, 0.5) is 0 Å². The number of carboxylic acids is 1. The average Bonchev–Trinajstić information content (AvgIpc) is 2.88. The van der Waals surface area contributed by atoms with Crippen molar-refractivity contribution in [2.75, 3.05) is 6.54 Å². The fourth-order valence-corrected chi connectivity index (χ4v) is 4.53. The summed E-state index contributed by atoms with van der Waals surface area (Å²) in [6.45, 7) is 0.982. The third kappa shape index (κ3) is 3.18. The van der Waals surface area contributed by atoms with Crippen LogP contribution >= 0.6 is 11.8 Å². The third-order valence-electron chi connectivity index (χ3n) is 4.37. The summed E-state index contributed by atoms with van der Waals surface area (Å²) in [5.41, 5.74) is 1.45. The van der Waals surface area contributed by atoms with E-state index >= 15 is 0 Å². The number of thioether (sulfide) groups is 1. The van der Waals surface area contributed by atoms with Gasteiger partial charge in [-0.1, -0.05) is 24.6 Å². The zero-order valence-corrected chi connectivity index (χ0v) is 12.4. The summed E-state index contributed by atoms with van der Waals surface area (Å²) in [4.78, 5) is 12.5. The van der Waals surface area contributed by atoms with Gasteiger partial charge in [0.05, 0.1) is 5.92 Å². The van der Waals surface area contributed by atoms with Crippen LogP contribution in [-0.4, -0.2) is 28.9 Å². The lowest BCUT2D eigenvalue weighted by molar-refractivity contribution is -0.143. The van der Waals surface area contributed by atoms with Gasteiger partial charge in [0.25, 0.3) is 0 Å². The summed E-state index contributed by atoms with van der Waals surface area (Å²) in [5, 5.41) is 13.3. The highest BCUT2D eigenvalue weighted by Crippen LogP contribution is 2.36. The molecule has 1 fully saturated rings. The quantitative estimate of drug-likeness (QED) is 0.895. The molecule has 3 unspecified atom stereocenters. The molecular weight excluding hydrogens is 270 g/mol. The minimum absolute atomic E-state index is 0.144. The first-order valence-electron chi connectivity index (χ1n) is 7.43. The molecule has 0 spiro atoms. The van der Waals surface area contributed by atoms with Crippen LogP contribution in [0.25, 0.3) is 0 Å². The molecule has 1 aliphatic heterocycles. The zero-order chi connectivity index (χ0) is 13.9. The van der Waals surface area contributed by atoms with E-state index < -0.39 is 5.97 Å². The molecule has 3 nitrogen and oxygen atoms in total. The first-order valence-corrected chi connectivity index (χ1v) is 8.31. The lowest BCUT2D eigenvalue weighted by atomic mass is 9.86. The minimum Gasteiger partial charge on any atom is -0.481 e. The second-order valence-corrected chi connectivity index (χ2v) is 7.20. The maximum Gasteiger partial charge on any atom is 0.306 e. The van der Waals surface area contributed by atoms with E-state index in [1.54, 1.807) is 0 Å². The molecule has 1 heterocycles. The summed E-state index contributed by atoms with van der Waals surface area (Å²) in [5.74, 6) is -0.770. The maximum absolute atomic E-state index is 11.1. The molecule has 1 aromatic rings. The first-order chi connectivity index (χ1) is 9.72. The summed E-state index contributed by atoms with van der Waals surface area (Å²) < 4.78 is 0. The van der Waals surface area contributed by atoms with Crippen LogP contribution in [0.3, 0.4) is 0 Å². The molecule has 1 saturated carbocycles. The summed E-state index contributed by atoms with van der Waals surface area (Å²) >= 11 is 1.95. The van der Waals surface area contributed by atoms with Crippen molar-refractivity contribution in [1.29, 1.82) is 0 Å². The molecule has 0 bridgehead atoms. The van der Waals surface area contributed by atoms with Crippen LogP contribution in [0.5, 0.6) is 0 Å². The Kier molecular flexibility index (Phi) is 4.32. The van der Waals surface area contributed by atoms with E-state index in [2.05, 4.69) is 29.6 Å². The van der Waals surface area contributed by atoms with Gasteiger partial charge >= 0.3 is 5.97 Å². The number of benzene rings is 1. The Morgan fingerprint density at radius 3 is 3.00 bits per heavy atom. The molecule has 2 aliphatic rings. The van der Waals surface area contributed by atoms with Crippen LogP contribution in [0, 0.1) is 5.92 Å². The summed E-state index contributed by atoms with van der Waals surface area (Å²) in [6, 6.07) is 8.99. The topological polar surface area (TPSA) is 49.3 Å². The largest absolute Gasteiger partial charge is 0.481 e. The Morgan fingerprint density at radius 2 is 2.20 bits per heavy atom. The molecule has 1 aliphatic carbocycles. The van der Waals surface area contributed by atoms with E-state index in [1.165, 1.54) is 10.5 Å². The molecule has 20 heavy (non-hydrogen) atoms. The van der Waals surface area contributed by atoms with Crippen molar-refractivity contribution in [1.82, 2.24) is 5.32 Å². The van der Waals surface area contributed by atoms with Crippen LogP contribution < -0.4 is 5.32 Å². The number of aliphatic carboxylic acids is 1. The third-order valence-corrected chi connectivity index (χ3v) is 5.69. The highest BCUT2D eigenvalue weighted by atomic mass is 32.2. The SMILES string of the molecule is O=C(O)C1CCCC(NCC2Cc3ccccc3S2)C1. The summed E-state index contributed by atoms with van der Waals surface area (Å²) in [6.07, 6.45) is 4.92. The second-order valence-electron chi connectivity index (χ2n) is 5.86. The standard InChI is InChI=1S/C16H21NO2S/c18-16(19)12-5-3-6-13(8-12)17-10-14-9-11-4-1-2-7-15(11)20-14/h1-2,4,7,12-14,17H,3,5-6,8-10H2,(H,18,19). The van der Waals surface area contributed by atoms with Gasteiger partial charge in [0, 0.05) is 22.7 Å². The van der Waals surface area contributed by atoms with Gasteiger partial charge in [-0.15, -0.1) is 11.8 Å². The van der Waals surface area contributed by atoms with Crippen molar-refractivity contribution in [2.24, 2.45) is 5.92 Å². The number of carbonyl (C=O) groups is 1. The van der Waals surface area contributed by atoms with Gasteiger partial charge in [0.2, 0.25) is 0 Å². The first kappa shape index (κ1) is 14.0. The van der Waals surface area contributed by atoms with E-state index in [9.17, 15) is 4.79 Å². The molecule has 0 amide bonds. The van der Waals surface area contributed by atoms with Gasteiger partial charge in [0.1, 0.15) is 0 Å². The van der Waals surface area contributed by atoms with Crippen LogP contribution in [0.1, 0.15) is 31.2 Å². The Bertz CT molecular complexity index is 466. The van der Waals surface area contributed by atoms with Crippen molar-refractivity contribution in [2.45, 2.75) is 48.3 Å². The molecule has 3 rings (SSSR count). The number of hydrogen-bond acceptors (Lipinski definition) is 3. The maximum atomic E-state index is 11.1. The normalized spacial score (nSPS) is 29.1. The molecule has 0 saturated heterocycles. The lowest BCUT2D eigenvalue weighted by Gasteiger charge is -2.28. The lowest BCUT2D eigenvalue weighted by Crippen LogP contribution is -2.39. The van der Waals surface area contributed by atoms with Gasteiger partial charge in [0.15, 0.2) is 0 Å². The monoisotopic (exact) mass is 291 g/mol. The molecule has 3 atom stereocenters. The van der Waals surface area contributed by atoms with E-state index in [0.29, 0.717) is 11.3 Å². The fourth-order valence-electron chi connectivity index (χ4n) is 3.27. The van der Waals surface area contributed by atoms with Crippen LogP contribution in [0.2, 0.25) is 0 Å². The number of hydrogen-bond donors (Lipinski definition) is 2. The predicted octanol–water partition coefficient (Wildman–Crippen LogP) is 2.94. The Balaban J connectivity index is 1.48. The molecule has 0 radical (unpaired) electrons. The van der Waals surface area contributed by atoms with Crippen molar-refractivity contribution in [3.8, 4) is 0 Å². The molecule has 4 heteroatoms. The van der Waals surface area contributed by atoms with Gasteiger partial charge in [-0.2, -0.15) is 0 Å². The van der Waals surface area contributed by atoms with Crippen molar-refractivity contribution >= 4 is 17.7 Å². The number of nitrogens with one attached hydrogen (secondary N) is 1. The van der Waals surface area contributed by atoms with E-state index in [-0.39, 0.29) is 5.92 Å².